The molecule has 0 saturated heterocycles. The minimum Gasteiger partial charge on any atom is -0.371 e. The first-order valence-corrected chi connectivity index (χ1v) is 29.5. The van der Waals surface area contributed by atoms with Crippen LogP contribution >= 0.6 is 22.6 Å². The number of H-pyrrole nitrogens is 3. The number of halogens is 13. The monoisotopic (exact) mass is 1400 g/mol. The molecule has 3 aliphatic rings. The molecule has 0 amide bonds. The molecule has 0 bridgehead atoms. The minimum atomic E-state index is -4.90. The van der Waals surface area contributed by atoms with Crippen LogP contribution in [0.5, 0.6) is 0 Å². The number of fused-ring (bicyclic) bond motifs is 12. The third-order valence-corrected chi connectivity index (χ3v) is 17.6. The van der Waals surface area contributed by atoms with E-state index in [-0.39, 0.29) is 73.5 Å². The average Bonchev–Trinajstić information content (AvgIpc) is 1.70. The second kappa shape index (κ2) is 21.1. The molecular weight excluding hydrogens is 1350 g/mol. The highest BCUT2D eigenvalue weighted by molar-refractivity contribution is 14.1. The summed E-state index contributed by atoms with van der Waals surface area (Å²) in [5.41, 5.74) is -6.29. The SMILES string of the molecule is Cc1nnc2n1-c1c(cc(F)c(-c3cccc4c(C#N)c[nH]c34)c1C(F)(F)F)NC2(C)C.Cc1nnc2n1-c1c(cc(F)c(-c3cccc4c(I)c[nH]c34)c1C(F)(F)F)NC2(C)C.Cc1nnc2n1-c1c(cc(F)c(-c3cccc4cc[nH]c34)c1C(F)(F)F)NC2(C)C. The summed E-state index contributed by atoms with van der Waals surface area (Å²) in [5.74, 6) is -1.17. The van der Waals surface area contributed by atoms with Crippen LogP contribution in [0.1, 0.15) is 98.7 Å². The second-order valence-electron chi connectivity index (χ2n) is 24.1. The number of aryl methyl sites for hydroxylation is 3. The molecule has 12 aromatic rings. The summed E-state index contributed by atoms with van der Waals surface area (Å²) < 4.78 is 182. The molecule has 0 fully saturated rings. The summed E-state index contributed by atoms with van der Waals surface area (Å²) in [6.07, 6.45) is -9.86. The van der Waals surface area contributed by atoms with Crippen LogP contribution < -0.4 is 16.0 Å². The van der Waals surface area contributed by atoms with Gasteiger partial charge in [-0.1, -0.05) is 54.6 Å². The Morgan fingerprint density at radius 2 is 0.817 bits per heavy atom. The summed E-state index contributed by atoms with van der Waals surface area (Å²) in [6.45, 7) is 15.2. The quantitative estimate of drug-likeness (QED) is 0.0731. The lowest BCUT2D eigenvalue weighted by atomic mass is 9.91. The standard InChI is InChI=1S/C22H16F4N6.C21H16F4IN5.C21H17F4N5/c1-10-30-31-20-21(2,3)29-15-7-14(23)16(17(22(24,25)26)19(15)32(10)20)13-6-4-5-12-11(8-27)9-28-18(12)13;1-9-29-30-19-20(2,3)28-14-7-12(22)15(16(21(23,24)25)18(14)31(9)19)11-6-4-5-10-13(26)8-27-17(10)11;1-10-28-29-19-20(2,3)27-14-9-13(22)15(16(21(23,24)25)18(14)30(10)19)12-6-4-5-11-7-8-26-17(11)12/h4-7,9,28-29H,1-3H3;4-8,27-28H,1-3H3;4-9,26-27H,1-3H3. The first-order chi connectivity index (χ1) is 43.6. The number of aromatic amines is 3. The highest BCUT2D eigenvalue weighted by Gasteiger charge is 2.49. The number of nitriles is 1. The molecule has 6 N–H and O–H groups in total. The summed E-state index contributed by atoms with van der Waals surface area (Å²) in [4.78, 5) is 8.75. The fourth-order valence-electron chi connectivity index (χ4n) is 12.9. The Morgan fingerprint density at radius 3 is 1.20 bits per heavy atom. The third-order valence-electron chi connectivity index (χ3n) is 16.7. The van der Waals surface area contributed by atoms with Crippen molar-refractivity contribution in [3.63, 3.8) is 0 Å². The lowest BCUT2D eigenvalue weighted by Gasteiger charge is -2.36. The van der Waals surface area contributed by atoms with Crippen molar-refractivity contribution in [3.05, 3.63) is 176 Å². The average molecular weight is 1400 g/mol. The number of hydrogen-bond donors (Lipinski definition) is 6. The van der Waals surface area contributed by atoms with E-state index in [2.05, 4.69) is 84.1 Å². The van der Waals surface area contributed by atoms with E-state index in [1.54, 1.807) is 111 Å². The number of anilines is 3. The van der Waals surface area contributed by atoms with Crippen molar-refractivity contribution >= 4 is 72.4 Å². The van der Waals surface area contributed by atoms with Gasteiger partial charge in [0.1, 0.15) is 41.0 Å². The molecule has 6 aromatic carbocycles. The van der Waals surface area contributed by atoms with Crippen LogP contribution in [0.4, 0.5) is 69.7 Å². The smallest absolute Gasteiger partial charge is 0.371 e. The third kappa shape index (κ3) is 9.79. The van der Waals surface area contributed by atoms with Gasteiger partial charge in [0, 0.05) is 66.3 Å². The molecule has 93 heavy (non-hydrogen) atoms. The normalized spacial score (nSPS) is 14.8. The number of hydrogen-bond acceptors (Lipinski definition) is 10. The molecule has 476 valence electrons. The van der Waals surface area contributed by atoms with Gasteiger partial charge in [-0.2, -0.15) is 44.8 Å². The molecule has 15 rings (SSSR count). The van der Waals surface area contributed by atoms with E-state index in [9.17, 15) is 44.8 Å². The number of aromatic nitrogens is 12. The molecule has 0 atom stereocenters. The maximum Gasteiger partial charge on any atom is 0.419 e. The van der Waals surface area contributed by atoms with Crippen LogP contribution in [0.3, 0.4) is 0 Å². The maximum absolute atomic E-state index is 15.5. The van der Waals surface area contributed by atoms with Crippen molar-refractivity contribution in [2.24, 2.45) is 0 Å². The first-order valence-electron chi connectivity index (χ1n) is 28.4. The van der Waals surface area contributed by atoms with Gasteiger partial charge in [-0.15, -0.1) is 30.6 Å². The maximum atomic E-state index is 15.5. The topological polar surface area (TPSA) is 199 Å². The van der Waals surface area contributed by atoms with Gasteiger partial charge < -0.3 is 30.9 Å². The Morgan fingerprint density at radius 1 is 0.462 bits per heavy atom. The van der Waals surface area contributed by atoms with Crippen LogP contribution in [0, 0.1) is 53.1 Å². The zero-order valence-electron chi connectivity index (χ0n) is 50.1. The predicted molar refractivity (Wildman–Crippen MR) is 332 cm³/mol. The van der Waals surface area contributed by atoms with Gasteiger partial charge >= 0.3 is 18.5 Å². The van der Waals surface area contributed by atoms with E-state index in [4.69, 9.17) is 0 Å². The van der Waals surface area contributed by atoms with Gasteiger partial charge in [0.2, 0.25) is 0 Å². The van der Waals surface area contributed by atoms with E-state index >= 15 is 13.2 Å². The highest BCUT2D eigenvalue weighted by Crippen LogP contribution is 2.54. The van der Waals surface area contributed by atoms with E-state index in [1.807, 2.05) is 6.07 Å². The Kier molecular flexibility index (Phi) is 14.1. The molecule has 9 heterocycles. The van der Waals surface area contributed by atoms with Gasteiger partial charge in [0.05, 0.1) is 89.5 Å². The van der Waals surface area contributed by atoms with Crippen LogP contribution in [-0.4, -0.2) is 59.2 Å². The molecule has 0 unspecified atom stereocenters. The molecular formula is C64H49F12IN16. The zero-order chi connectivity index (χ0) is 66.7. The molecule has 0 saturated carbocycles. The number of para-hydroxylation sites is 3. The first kappa shape index (κ1) is 62.0. The van der Waals surface area contributed by atoms with Crippen molar-refractivity contribution in [2.75, 3.05) is 16.0 Å². The van der Waals surface area contributed by atoms with Gasteiger partial charge in [-0.25, -0.2) is 13.2 Å². The van der Waals surface area contributed by atoms with Gasteiger partial charge in [-0.3, -0.25) is 13.7 Å². The van der Waals surface area contributed by atoms with E-state index < -0.39 is 86.0 Å². The Labute approximate surface area is 532 Å². The van der Waals surface area contributed by atoms with E-state index in [0.717, 1.165) is 27.2 Å². The Bertz CT molecular complexity index is 5140. The molecule has 29 heteroatoms. The summed E-state index contributed by atoms with van der Waals surface area (Å²) in [7, 11) is 0. The fraction of sp³-hybridized carbons (Fsp3) is 0.234. The van der Waals surface area contributed by atoms with Crippen LogP contribution in [0.15, 0.2) is 97.5 Å². The van der Waals surface area contributed by atoms with Crippen LogP contribution in [0.2, 0.25) is 0 Å². The van der Waals surface area contributed by atoms with Gasteiger partial charge in [0.25, 0.3) is 0 Å². The highest BCUT2D eigenvalue weighted by atomic mass is 127. The van der Waals surface area contributed by atoms with Crippen molar-refractivity contribution in [1.82, 2.24) is 59.2 Å². The molecule has 3 aliphatic heterocycles. The van der Waals surface area contributed by atoms with Crippen molar-refractivity contribution in [2.45, 2.75) is 97.5 Å². The minimum absolute atomic E-state index is 0.00431. The number of nitrogens with zero attached hydrogens (tertiary/aromatic N) is 10. The van der Waals surface area contributed by atoms with E-state index in [0.29, 0.717) is 45.1 Å². The predicted octanol–water partition coefficient (Wildman–Crippen LogP) is 17.1. The number of nitrogens with one attached hydrogen (secondary N) is 6. The van der Waals surface area contributed by atoms with E-state index in [1.165, 1.54) is 44.2 Å². The van der Waals surface area contributed by atoms with Crippen molar-refractivity contribution in [3.8, 4) is 56.5 Å². The second-order valence-corrected chi connectivity index (χ2v) is 25.3. The van der Waals surface area contributed by atoms with Crippen LogP contribution in [0.25, 0.3) is 83.2 Å². The number of rotatable bonds is 3. The van der Waals surface area contributed by atoms with Gasteiger partial charge in [-0.05, 0) is 115 Å². The van der Waals surface area contributed by atoms with Crippen molar-refractivity contribution in [1.29, 1.82) is 5.26 Å². The largest absolute Gasteiger partial charge is 0.419 e. The Hall–Kier alpha value is -9.86. The lowest BCUT2D eigenvalue weighted by Crippen LogP contribution is -2.37. The van der Waals surface area contributed by atoms with Crippen LogP contribution in [-0.2, 0) is 35.1 Å². The summed E-state index contributed by atoms with van der Waals surface area (Å²) >= 11 is 2.09. The molecule has 0 radical (unpaired) electrons. The van der Waals surface area contributed by atoms with Crippen molar-refractivity contribution < 1.29 is 52.7 Å². The Balaban J connectivity index is 0.000000127. The zero-order valence-corrected chi connectivity index (χ0v) is 52.3. The fourth-order valence-corrected chi connectivity index (χ4v) is 13.5. The number of alkyl halides is 9. The molecule has 0 aliphatic carbocycles. The summed E-state index contributed by atoms with van der Waals surface area (Å²) in [6, 6.07) is 21.3. The lowest BCUT2D eigenvalue weighted by molar-refractivity contribution is -0.138. The summed E-state index contributed by atoms with van der Waals surface area (Å²) in [5, 5.41) is 44.3. The number of benzene rings is 6. The molecule has 16 nitrogen and oxygen atoms in total. The van der Waals surface area contributed by atoms with Gasteiger partial charge in [0.15, 0.2) is 17.5 Å². The molecule has 6 aromatic heterocycles. The molecule has 0 spiro atoms.